The third-order valence-electron chi connectivity index (χ3n) is 7.57. The summed E-state index contributed by atoms with van der Waals surface area (Å²) in [7, 11) is 0. The zero-order valence-corrected chi connectivity index (χ0v) is 19.1. The summed E-state index contributed by atoms with van der Waals surface area (Å²) in [5.41, 5.74) is 8.96. The van der Waals surface area contributed by atoms with Gasteiger partial charge in [0, 0.05) is 0 Å². The quantitative estimate of drug-likeness (QED) is 0.256. The molecule has 6 aromatic carbocycles. The van der Waals surface area contributed by atoms with E-state index >= 15 is 0 Å². The average molecular weight is 433 g/mol. The van der Waals surface area contributed by atoms with Crippen molar-refractivity contribution in [2.75, 3.05) is 0 Å². The van der Waals surface area contributed by atoms with Crippen LogP contribution in [-0.2, 0) is 5.41 Å². The Bertz CT molecular complexity index is 1640. The fourth-order valence-corrected chi connectivity index (χ4v) is 6.03. The summed E-state index contributed by atoms with van der Waals surface area (Å²) in [5, 5.41) is 5.10. The topological polar surface area (TPSA) is 0 Å². The second-order valence-electron chi connectivity index (χ2n) is 9.47. The van der Waals surface area contributed by atoms with E-state index in [-0.39, 0.29) is 5.41 Å². The molecule has 0 radical (unpaired) electrons. The molecule has 0 amide bonds. The third kappa shape index (κ3) is 2.60. The number of aryl methyl sites for hydroxylation is 1. The van der Waals surface area contributed by atoms with Crippen LogP contribution in [0.15, 0.2) is 127 Å². The van der Waals surface area contributed by atoms with Gasteiger partial charge >= 0.3 is 0 Å². The van der Waals surface area contributed by atoms with Gasteiger partial charge in [-0.15, -0.1) is 0 Å². The molecule has 34 heavy (non-hydrogen) atoms. The van der Waals surface area contributed by atoms with Crippen molar-refractivity contribution in [1.29, 1.82) is 0 Å². The van der Waals surface area contributed by atoms with Crippen molar-refractivity contribution in [2.24, 2.45) is 0 Å². The average Bonchev–Trinajstić information content (AvgIpc) is 3.18. The first-order chi connectivity index (χ1) is 16.7. The van der Waals surface area contributed by atoms with Crippen LogP contribution in [0.4, 0.5) is 0 Å². The molecule has 0 atom stereocenters. The highest BCUT2D eigenvalue weighted by Crippen LogP contribution is 2.56. The highest BCUT2D eigenvalue weighted by Gasteiger charge is 2.46. The van der Waals surface area contributed by atoms with Crippen molar-refractivity contribution >= 4 is 21.5 Å². The lowest BCUT2D eigenvalue weighted by molar-refractivity contribution is 0.770. The Balaban J connectivity index is 1.66. The second kappa shape index (κ2) is 7.17. The molecule has 0 fully saturated rings. The van der Waals surface area contributed by atoms with Gasteiger partial charge in [-0.25, -0.2) is 0 Å². The van der Waals surface area contributed by atoms with Crippen LogP contribution in [0.3, 0.4) is 0 Å². The minimum Gasteiger partial charge on any atom is -0.0619 e. The van der Waals surface area contributed by atoms with Gasteiger partial charge in [-0.3, -0.25) is 0 Å². The molecule has 0 unspecified atom stereocenters. The molecule has 0 aliphatic heterocycles. The van der Waals surface area contributed by atoms with E-state index in [1.807, 2.05) is 0 Å². The first kappa shape index (κ1) is 19.3. The zero-order valence-electron chi connectivity index (χ0n) is 19.1. The largest absolute Gasteiger partial charge is 0.0714 e. The SMILES string of the molecule is Cc1ccc2c(c1)C(c1ccc3ccccc3c1)(c1ccc3ccccc3c1)c1ccccc1-2. The van der Waals surface area contributed by atoms with Crippen molar-refractivity contribution < 1.29 is 0 Å². The molecule has 0 saturated carbocycles. The molecule has 0 saturated heterocycles. The van der Waals surface area contributed by atoms with Crippen LogP contribution in [0.1, 0.15) is 27.8 Å². The Morgan fingerprint density at radius 2 is 0.941 bits per heavy atom. The number of hydrogen-bond donors (Lipinski definition) is 0. The summed E-state index contributed by atoms with van der Waals surface area (Å²) in [6.45, 7) is 2.20. The summed E-state index contributed by atoms with van der Waals surface area (Å²) >= 11 is 0. The highest BCUT2D eigenvalue weighted by molar-refractivity contribution is 5.91. The first-order valence-electron chi connectivity index (χ1n) is 11.9. The number of rotatable bonds is 2. The molecule has 160 valence electrons. The third-order valence-corrected chi connectivity index (χ3v) is 7.57. The molecule has 0 spiro atoms. The molecular weight excluding hydrogens is 408 g/mol. The van der Waals surface area contributed by atoms with Crippen LogP contribution in [-0.4, -0.2) is 0 Å². The number of hydrogen-bond acceptors (Lipinski definition) is 0. The van der Waals surface area contributed by atoms with E-state index in [1.54, 1.807) is 0 Å². The van der Waals surface area contributed by atoms with Crippen LogP contribution in [0.5, 0.6) is 0 Å². The Morgan fingerprint density at radius 3 is 1.59 bits per heavy atom. The van der Waals surface area contributed by atoms with E-state index in [0.29, 0.717) is 0 Å². The fourth-order valence-electron chi connectivity index (χ4n) is 6.03. The minimum atomic E-state index is -0.369. The van der Waals surface area contributed by atoms with Crippen LogP contribution in [0.2, 0.25) is 0 Å². The van der Waals surface area contributed by atoms with E-state index < -0.39 is 0 Å². The predicted molar refractivity (Wildman–Crippen MR) is 143 cm³/mol. The van der Waals surface area contributed by atoms with E-state index in [1.165, 1.54) is 60.5 Å². The molecule has 7 rings (SSSR count). The van der Waals surface area contributed by atoms with Crippen LogP contribution < -0.4 is 0 Å². The Kier molecular flexibility index (Phi) is 4.07. The Hall–Kier alpha value is -4.16. The maximum absolute atomic E-state index is 2.40. The van der Waals surface area contributed by atoms with Gasteiger partial charge in [0.2, 0.25) is 0 Å². The second-order valence-corrected chi connectivity index (χ2v) is 9.47. The monoisotopic (exact) mass is 432 g/mol. The van der Waals surface area contributed by atoms with Crippen molar-refractivity contribution in [3.63, 3.8) is 0 Å². The summed E-state index contributed by atoms with van der Waals surface area (Å²) in [6, 6.07) is 47.3. The summed E-state index contributed by atoms with van der Waals surface area (Å²) in [4.78, 5) is 0. The van der Waals surface area contributed by atoms with E-state index in [2.05, 4.69) is 134 Å². The number of benzene rings is 6. The summed E-state index contributed by atoms with van der Waals surface area (Å²) in [6.07, 6.45) is 0. The standard InChI is InChI=1S/C34H24/c1-23-14-19-31-30-12-6-7-13-32(30)34(33(31)20-23,28-17-15-24-8-2-4-10-26(24)21-28)29-18-16-25-9-3-5-11-27(25)22-29/h2-22H,1H3. The van der Waals surface area contributed by atoms with E-state index in [0.717, 1.165) is 0 Å². The molecule has 0 heteroatoms. The van der Waals surface area contributed by atoms with Gasteiger partial charge in [0.15, 0.2) is 0 Å². The van der Waals surface area contributed by atoms with Crippen LogP contribution in [0, 0.1) is 6.92 Å². The lowest BCUT2D eigenvalue weighted by Gasteiger charge is -2.34. The maximum atomic E-state index is 2.40. The van der Waals surface area contributed by atoms with Crippen LogP contribution >= 0.6 is 0 Å². The van der Waals surface area contributed by atoms with Gasteiger partial charge in [0.25, 0.3) is 0 Å². The molecule has 0 N–H and O–H groups in total. The molecular formula is C34H24. The van der Waals surface area contributed by atoms with Gasteiger partial charge < -0.3 is 0 Å². The van der Waals surface area contributed by atoms with Crippen molar-refractivity contribution in [1.82, 2.24) is 0 Å². The zero-order chi connectivity index (χ0) is 22.7. The molecule has 0 bridgehead atoms. The smallest absolute Gasteiger partial charge is 0.0619 e. The lowest BCUT2D eigenvalue weighted by Crippen LogP contribution is -2.28. The van der Waals surface area contributed by atoms with Crippen molar-refractivity contribution in [3.8, 4) is 11.1 Å². The minimum absolute atomic E-state index is 0.369. The van der Waals surface area contributed by atoms with E-state index in [9.17, 15) is 0 Å². The van der Waals surface area contributed by atoms with Gasteiger partial charge in [0.1, 0.15) is 0 Å². The van der Waals surface area contributed by atoms with Crippen LogP contribution in [0.25, 0.3) is 32.7 Å². The molecule has 1 aliphatic rings. The summed E-state index contributed by atoms with van der Waals surface area (Å²) in [5.74, 6) is 0. The fraction of sp³-hybridized carbons (Fsp3) is 0.0588. The molecule has 0 heterocycles. The normalized spacial score (nSPS) is 13.7. The highest BCUT2D eigenvalue weighted by atomic mass is 14.5. The molecule has 6 aromatic rings. The first-order valence-corrected chi connectivity index (χ1v) is 11.9. The van der Waals surface area contributed by atoms with Gasteiger partial charge in [-0.1, -0.05) is 121 Å². The van der Waals surface area contributed by atoms with Gasteiger partial charge in [-0.05, 0) is 74.0 Å². The Morgan fingerprint density at radius 1 is 0.412 bits per heavy atom. The molecule has 0 aromatic heterocycles. The van der Waals surface area contributed by atoms with E-state index in [4.69, 9.17) is 0 Å². The Labute approximate surface area is 200 Å². The molecule has 1 aliphatic carbocycles. The van der Waals surface area contributed by atoms with Crippen molar-refractivity contribution in [2.45, 2.75) is 12.3 Å². The molecule has 0 nitrogen and oxygen atoms in total. The van der Waals surface area contributed by atoms with Gasteiger partial charge in [-0.2, -0.15) is 0 Å². The lowest BCUT2D eigenvalue weighted by atomic mass is 9.67. The predicted octanol–water partition coefficient (Wildman–Crippen LogP) is 8.66. The maximum Gasteiger partial charge on any atom is 0.0714 e. The van der Waals surface area contributed by atoms with Gasteiger partial charge in [0.05, 0.1) is 5.41 Å². The van der Waals surface area contributed by atoms with Crippen molar-refractivity contribution in [3.05, 3.63) is 155 Å². The number of fused-ring (bicyclic) bond motifs is 5. The summed E-state index contributed by atoms with van der Waals surface area (Å²) < 4.78 is 0.